The Morgan fingerprint density at radius 2 is 1.47 bits per heavy atom. The van der Waals surface area contributed by atoms with Crippen LogP contribution in [-0.4, -0.2) is 74.4 Å². The van der Waals surface area contributed by atoms with Gasteiger partial charge in [-0.05, 0) is 48.5 Å². The highest BCUT2D eigenvalue weighted by Crippen LogP contribution is 2.35. The molecule has 0 spiro atoms. The molecule has 196 valence electrons. The molecule has 0 saturated carbocycles. The van der Waals surface area contributed by atoms with Gasteiger partial charge in [-0.3, -0.25) is 9.59 Å². The molecule has 0 aromatic heterocycles. The number of benzene rings is 3. The van der Waals surface area contributed by atoms with E-state index in [0.717, 1.165) is 24.3 Å². The predicted octanol–water partition coefficient (Wildman–Crippen LogP) is 1.37. The molecule has 0 aliphatic carbocycles. The molecule has 1 amide bonds. The van der Waals surface area contributed by atoms with Crippen LogP contribution in [0.3, 0.4) is 0 Å². The van der Waals surface area contributed by atoms with E-state index in [2.05, 4.69) is 10.6 Å². The number of nitrogens with one attached hydrogen (secondary N) is 2. The monoisotopic (exact) mass is 522 g/mol. The SMILES string of the molecule is O=C(N[C@H]1CNC[C@@H]1OC(=O)c1cc(O)c(C(=O)c2c(O)cccc2C(=O)O)c(O)c1)c1ccc(O)cc1. The molecule has 0 bridgehead atoms. The molecule has 12 nitrogen and oxygen atoms in total. The highest BCUT2D eigenvalue weighted by Gasteiger charge is 2.33. The van der Waals surface area contributed by atoms with Crippen molar-refractivity contribution < 1.29 is 49.4 Å². The van der Waals surface area contributed by atoms with Crippen LogP contribution in [-0.2, 0) is 4.74 Å². The van der Waals surface area contributed by atoms with Crippen LogP contribution in [0, 0.1) is 0 Å². The molecule has 38 heavy (non-hydrogen) atoms. The van der Waals surface area contributed by atoms with Crippen molar-refractivity contribution in [3.05, 3.63) is 82.4 Å². The van der Waals surface area contributed by atoms with Crippen molar-refractivity contribution in [1.82, 2.24) is 10.6 Å². The zero-order valence-corrected chi connectivity index (χ0v) is 19.5. The van der Waals surface area contributed by atoms with Gasteiger partial charge in [-0.1, -0.05) is 6.07 Å². The van der Waals surface area contributed by atoms with Crippen LogP contribution in [0.15, 0.2) is 54.6 Å². The van der Waals surface area contributed by atoms with E-state index >= 15 is 0 Å². The first-order valence-corrected chi connectivity index (χ1v) is 11.2. The van der Waals surface area contributed by atoms with Gasteiger partial charge in [0, 0.05) is 18.7 Å². The van der Waals surface area contributed by atoms with E-state index in [-0.39, 0.29) is 30.0 Å². The first-order valence-electron chi connectivity index (χ1n) is 11.2. The maximum absolute atomic E-state index is 13.0. The maximum Gasteiger partial charge on any atom is 0.338 e. The zero-order valence-electron chi connectivity index (χ0n) is 19.5. The normalized spacial score (nSPS) is 16.5. The third-order valence-corrected chi connectivity index (χ3v) is 5.92. The minimum atomic E-state index is -1.51. The highest BCUT2D eigenvalue weighted by molar-refractivity contribution is 6.18. The lowest BCUT2D eigenvalue weighted by molar-refractivity contribution is 0.0282. The summed E-state index contributed by atoms with van der Waals surface area (Å²) in [5.41, 5.74) is -1.95. The van der Waals surface area contributed by atoms with Crippen LogP contribution >= 0.6 is 0 Å². The first kappa shape index (κ1) is 26.0. The summed E-state index contributed by atoms with van der Waals surface area (Å²) in [6.07, 6.45) is -0.812. The number of ether oxygens (including phenoxy) is 1. The van der Waals surface area contributed by atoms with Gasteiger partial charge in [-0.15, -0.1) is 0 Å². The topological polar surface area (TPSA) is 203 Å². The Labute approximate surface area is 214 Å². The summed E-state index contributed by atoms with van der Waals surface area (Å²) in [7, 11) is 0. The number of esters is 1. The van der Waals surface area contributed by atoms with Crippen LogP contribution in [0.2, 0.25) is 0 Å². The standard InChI is InChI=1S/C26H22N2O10/c29-14-6-4-12(5-7-14)24(34)28-16-10-27-11-20(16)38-26(37)13-8-18(31)22(19(32)9-13)23(33)21-15(25(35)36)2-1-3-17(21)30/h1-9,16,20,27,29-32H,10-11H2,(H,28,34)(H,35,36)/t16-,20-/m0/s1. The second-order valence-corrected chi connectivity index (χ2v) is 8.45. The van der Waals surface area contributed by atoms with Crippen molar-refractivity contribution in [2.75, 3.05) is 13.1 Å². The molecule has 1 aliphatic heterocycles. The molecule has 3 aromatic carbocycles. The van der Waals surface area contributed by atoms with Gasteiger partial charge in [0.15, 0.2) is 0 Å². The number of ketones is 1. The molecule has 3 aromatic rings. The minimum Gasteiger partial charge on any atom is -0.508 e. The zero-order chi connectivity index (χ0) is 27.6. The Morgan fingerprint density at radius 1 is 0.816 bits per heavy atom. The molecule has 2 atom stereocenters. The lowest BCUT2D eigenvalue weighted by atomic mass is 9.95. The van der Waals surface area contributed by atoms with E-state index in [9.17, 15) is 44.7 Å². The number of hydrogen-bond acceptors (Lipinski definition) is 10. The largest absolute Gasteiger partial charge is 0.508 e. The maximum atomic E-state index is 13.0. The van der Waals surface area contributed by atoms with E-state index in [0.29, 0.717) is 0 Å². The number of rotatable bonds is 7. The van der Waals surface area contributed by atoms with Gasteiger partial charge in [0.1, 0.15) is 34.7 Å². The fourth-order valence-corrected chi connectivity index (χ4v) is 4.04. The number of hydrogen-bond donors (Lipinski definition) is 7. The summed E-state index contributed by atoms with van der Waals surface area (Å²) in [5.74, 6) is -6.48. The van der Waals surface area contributed by atoms with Crippen LogP contribution in [0.1, 0.15) is 47.0 Å². The number of aromatic carboxylic acids is 1. The van der Waals surface area contributed by atoms with Crippen LogP contribution in [0.4, 0.5) is 0 Å². The van der Waals surface area contributed by atoms with Crippen LogP contribution < -0.4 is 10.6 Å². The molecule has 4 rings (SSSR count). The lowest BCUT2D eigenvalue weighted by Gasteiger charge is -2.21. The van der Waals surface area contributed by atoms with E-state index < -0.39 is 69.7 Å². The van der Waals surface area contributed by atoms with Gasteiger partial charge < -0.3 is 40.9 Å². The number of phenolic OH excluding ortho intramolecular Hbond substituents is 4. The summed E-state index contributed by atoms with van der Waals surface area (Å²) in [6, 6.07) is 10.0. The van der Waals surface area contributed by atoms with Crippen molar-refractivity contribution in [3.63, 3.8) is 0 Å². The Balaban J connectivity index is 1.52. The van der Waals surface area contributed by atoms with E-state index in [1.54, 1.807) is 0 Å². The van der Waals surface area contributed by atoms with Crippen LogP contribution in [0.25, 0.3) is 0 Å². The number of amides is 1. The lowest BCUT2D eigenvalue weighted by Crippen LogP contribution is -2.44. The molecule has 7 N–H and O–H groups in total. The van der Waals surface area contributed by atoms with Crippen molar-refractivity contribution in [2.24, 2.45) is 0 Å². The van der Waals surface area contributed by atoms with Gasteiger partial charge in [0.2, 0.25) is 5.78 Å². The second-order valence-electron chi connectivity index (χ2n) is 8.45. The van der Waals surface area contributed by atoms with Crippen molar-refractivity contribution in [2.45, 2.75) is 12.1 Å². The van der Waals surface area contributed by atoms with Gasteiger partial charge in [-0.25, -0.2) is 9.59 Å². The molecule has 0 radical (unpaired) electrons. The summed E-state index contributed by atoms with van der Waals surface area (Å²) < 4.78 is 5.45. The number of carboxylic acids is 1. The number of carbonyl (C=O) groups excluding carboxylic acids is 3. The first-order chi connectivity index (χ1) is 18.1. The average molecular weight is 522 g/mol. The number of phenols is 4. The minimum absolute atomic E-state index is 0.00184. The van der Waals surface area contributed by atoms with Gasteiger partial charge >= 0.3 is 11.9 Å². The van der Waals surface area contributed by atoms with E-state index in [4.69, 9.17) is 4.74 Å². The Kier molecular flexibility index (Phi) is 7.17. The van der Waals surface area contributed by atoms with E-state index in [1.807, 2.05) is 0 Å². The van der Waals surface area contributed by atoms with E-state index in [1.165, 1.54) is 30.3 Å². The highest BCUT2D eigenvalue weighted by atomic mass is 16.5. The molecule has 1 fully saturated rings. The average Bonchev–Trinajstić information content (AvgIpc) is 3.29. The smallest absolute Gasteiger partial charge is 0.338 e. The van der Waals surface area contributed by atoms with Gasteiger partial charge in [-0.2, -0.15) is 0 Å². The molecular formula is C26H22N2O10. The van der Waals surface area contributed by atoms with Gasteiger partial charge in [0.25, 0.3) is 5.91 Å². The quantitative estimate of drug-likeness (QED) is 0.174. The van der Waals surface area contributed by atoms with Crippen molar-refractivity contribution in [3.8, 4) is 23.0 Å². The van der Waals surface area contributed by atoms with Crippen molar-refractivity contribution >= 4 is 23.6 Å². The van der Waals surface area contributed by atoms with Crippen LogP contribution in [0.5, 0.6) is 23.0 Å². The summed E-state index contributed by atoms with van der Waals surface area (Å²) in [6.45, 7) is 0.490. The molecule has 1 saturated heterocycles. The summed E-state index contributed by atoms with van der Waals surface area (Å²) >= 11 is 0. The number of aromatic hydroxyl groups is 4. The predicted molar refractivity (Wildman–Crippen MR) is 130 cm³/mol. The number of carbonyl (C=O) groups is 4. The number of carboxylic acid groups (broad SMARTS) is 1. The second kappa shape index (κ2) is 10.5. The van der Waals surface area contributed by atoms with Crippen molar-refractivity contribution in [1.29, 1.82) is 0 Å². The Hall–Kier alpha value is -5.10. The molecule has 1 heterocycles. The Bertz CT molecular complexity index is 1410. The fraction of sp³-hybridized carbons (Fsp3) is 0.154. The third-order valence-electron chi connectivity index (χ3n) is 5.92. The molecule has 0 unspecified atom stereocenters. The molecule has 1 aliphatic rings. The van der Waals surface area contributed by atoms with Gasteiger partial charge in [0.05, 0.1) is 22.7 Å². The summed E-state index contributed by atoms with van der Waals surface area (Å²) in [4.78, 5) is 49.7. The molecular weight excluding hydrogens is 500 g/mol. The Morgan fingerprint density at radius 3 is 2.11 bits per heavy atom. The molecule has 12 heteroatoms. The third kappa shape index (κ3) is 5.20. The summed E-state index contributed by atoms with van der Waals surface area (Å²) in [5, 5.41) is 55.4. The fourth-order valence-electron chi connectivity index (χ4n) is 4.04.